The van der Waals surface area contributed by atoms with Crippen molar-refractivity contribution in [3.8, 4) is 0 Å². The van der Waals surface area contributed by atoms with Gasteiger partial charge in [-0.05, 0) is 38.0 Å². The van der Waals surface area contributed by atoms with E-state index in [9.17, 15) is 9.59 Å². The van der Waals surface area contributed by atoms with E-state index < -0.39 is 0 Å². The molecule has 15 heavy (non-hydrogen) atoms. The van der Waals surface area contributed by atoms with E-state index >= 15 is 0 Å². The number of carbonyl (C=O) groups excluding carboxylic acids is 2. The van der Waals surface area contributed by atoms with Gasteiger partial charge in [-0.15, -0.1) is 0 Å². The van der Waals surface area contributed by atoms with E-state index in [1.165, 1.54) is 6.92 Å². The normalized spacial score (nSPS) is 47.0. The molecule has 0 heterocycles. The molecule has 0 amide bonds. The van der Waals surface area contributed by atoms with E-state index in [4.69, 9.17) is 4.74 Å². The SMILES string of the molecule is CC(=O)OC12CC3C[C@H](C1)C(=O)[C@@H](C3)C2. The van der Waals surface area contributed by atoms with E-state index in [0.29, 0.717) is 11.7 Å². The fourth-order valence-electron chi connectivity index (χ4n) is 4.11. The standard InChI is InChI=1S/C12H16O3/c1-7(13)15-12-4-8-2-9(5-12)11(14)10(3-8)6-12/h8-10H,2-6H2,1H3/t8?,9-,10+,12?. The van der Waals surface area contributed by atoms with Gasteiger partial charge in [-0.1, -0.05) is 0 Å². The lowest BCUT2D eigenvalue weighted by Crippen LogP contribution is -2.56. The van der Waals surface area contributed by atoms with Crippen LogP contribution in [0.2, 0.25) is 0 Å². The third-order valence-corrected chi connectivity index (χ3v) is 4.30. The van der Waals surface area contributed by atoms with Crippen molar-refractivity contribution >= 4 is 11.8 Å². The molecule has 4 atom stereocenters. The molecule has 0 aliphatic heterocycles. The summed E-state index contributed by atoms with van der Waals surface area (Å²) < 4.78 is 5.51. The maximum atomic E-state index is 11.9. The second-order valence-corrected chi connectivity index (χ2v) is 5.52. The van der Waals surface area contributed by atoms with Crippen LogP contribution >= 0.6 is 0 Å². The third kappa shape index (κ3) is 1.32. The predicted octanol–water partition coefficient (Wildman–Crippen LogP) is 1.70. The van der Waals surface area contributed by atoms with Crippen LogP contribution in [-0.4, -0.2) is 17.4 Å². The Kier molecular flexibility index (Phi) is 1.77. The smallest absolute Gasteiger partial charge is 0.303 e. The molecule has 4 bridgehead atoms. The topological polar surface area (TPSA) is 43.4 Å². The van der Waals surface area contributed by atoms with Crippen molar-refractivity contribution in [2.75, 3.05) is 0 Å². The van der Waals surface area contributed by atoms with Crippen LogP contribution in [0.4, 0.5) is 0 Å². The number of ketones is 1. The largest absolute Gasteiger partial charge is 0.459 e. The molecule has 3 nitrogen and oxygen atoms in total. The first-order valence-electron chi connectivity index (χ1n) is 5.81. The monoisotopic (exact) mass is 208 g/mol. The number of rotatable bonds is 1. The van der Waals surface area contributed by atoms with Crippen LogP contribution in [0, 0.1) is 17.8 Å². The summed E-state index contributed by atoms with van der Waals surface area (Å²) in [5, 5.41) is 0. The zero-order chi connectivity index (χ0) is 10.6. The minimum atomic E-state index is -0.268. The molecule has 3 heteroatoms. The summed E-state index contributed by atoms with van der Waals surface area (Å²) >= 11 is 0. The zero-order valence-corrected chi connectivity index (χ0v) is 8.99. The van der Waals surface area contributed by atoms with E-state index in [-0.39, 0.29) is 23.4 Å². The highest BCUT2D eigenvalue weighted by Crippen LogP contribution is 2.55. The fourth-order valence-corrected chi connectivity index (χ4v) is 4.11. The van der Waals surface area contributed by atoms with Crippen LogP contribution in [0.1, 0.15) is 39.0 Å². The van der Waals surface area contributed by atoms with Crippen molar-refractivity contribution < 1.29 is 14.3 Å². The van der Waals surface area contributed by atoms with E-state index in [1.54, 1.807) is 0 Å². The Balaban J connectivity index is 1.89. The average molecular weight is 208 g/mol. The first-order chi connectivity index (χ1) is 7.08. The van der Waals surface area contributed by atoms with E-state index in [2.05, 4.69) is 0 Å². The van der Waals surface area contributed by atoms with Crippen molar-refractivity contribution in [2.45, 2.75) is 44.6 Å². The van der Waals surface area contributed by atoms with Gasteiger partial charge < -0.3 is 4.74 Å². The molecule has 4 rings (SSSR count). The van der Waals surface area contributed by atoms with Gasteiger partial charge in [0.2, 0.25) is 0 Å². The van der Waals surface area contributed by atoms with Gasteiger partial charge in [0, 0.05) is 18.8 Å². The number of ether oxygens (including phenoxy) is 1. The van der Waals surface area contributed by atoms with Crippen LogP contribution in [0.5, 0.6) is 0 Å². The molecule has 0 radical (unpaired) electrons. The van der Waals surface area contributed by atoms with E-state index in [0.717, 1.165) is 32.1 Å². The lowest BCUT2D eigenvalue weighted by atomic mass is 9.53. The Labute approximate surface area is 89.2 Å². The second kappa shape index (κ2) is 2.83. The fraction of sp³-hybridized carbons (Fsp3) is 0.833. The van der Waals surface area contributed by atoms with Gasteiger partial charge in [0.25, 0.3) is 0 Å². The molecule has 0 aromatic carbocycles. The van der Waals surface area contributed by atoms with Gasteiger partial charge in [-0.2, -0.15) is 0 Å². The molecule has 0 aromatic heterocycles. The number of esters is 1. The Morgan fingerprint density at radius 3 is 2.40 bits per heavy atom. The molecular weight excluding hydrogens is 192 g/mol. The van der Waals surface area contributed by atoms with Gasteiger partial charge >= 0.3 is 5.97 Å². The molecule has 0 spiro atoms. The Morgan fingerprint density at radius 2 is 1.87 bits per heavy atom. The van der Waals surface area contributed by atoms with Gasteiger partial charge in [-0.3, -0.25) is 9.59 Å². The number of Topliss-reactive ketones (excluding diaryl/α,β-unsaturated/α-hetero) is 1. The van der Waals surface area contributed by atoms with E-state index in [1.807, 2.05) is 0 Å². The Morgan fingerprint density at radius 1 is 1.27 bits per heavy atom. The third-order valence-electron chi connectivity index (χ3n) is 4.30. The Hall–Kier alpha value is -0.860. The summed E-state index contributed by atoms with van der Waals surface area (Å²) in [5.41, 5.74) is -0.268. The molecule has 0 N–H and O–H groups in total. The highest BCUT2D eigenvalue weighted by Gasteiger charge is 2.56. The highest BCUT2D eigenvalue weighted by molar-refractivity contribution is 5.86. The summed E-state index contributed by atoms with van der Waals surface area (Å²) in [5.74, 6) is 1.25. The van der Waals surface area contributed by atoms with Crippen molar-refractivity contribution in [3.05, 3.63) is 0 Å². The van der Waals surface area contributed by atoms with Gasteiger partial charge in [0.1, 0.15) is 11.4 Å². The minimum absolute atomic E-state index is 0.190. The maximum absolute atomic E-state index is 11.9. The molecule has 0 aromatic rings. The summed E-state index contributed by atoms with van der Waals surface area (Å²) in [4.78, 5) is 23.0. The van der Waals surface area contributed by atoms with Gasteiger partial charge in [-0.25, -0.2) is 0 Å². The summed E-state index contributed by atoms with van der Waals surface area (Å²) in [6.45, 7) is 1.47. The summed E-state index contributed by atoms with van der Waals surface area (Å²) in [6.07, 6.45) is 4.65. The molecule has 4 saturated carbocycles. The highest BCUT2D eigenvalue weighted by atomic mass is 16.6. The number of carbonyl (C=O) groups is 2. The quantitative estimate of drug-likeness (QED) is 0.616. The maximum Gasteiger partial charge on any atom is 0.303 e. The van der Waals surface area contributed by atoms with Gasteiger partial charge in [0.05, 0.1) is 0 Å². The van der Waals surface area contributed by atoms with Crippen molar-refractivity contribution in [2.24, 2.45) is 17.8 Å². The van der Waals surface area contributed by atoms with Crippen LogP contribution in [-0.2, 0) is 14.3 Å². The second-order valence-electron chi connectivity index (χ2n) is 5.52. The first-order valence-corrected chi connectivity index (χ1v) is 5.81. The lowest BCUT2D eigenvalue weighted by molar-refractivity contribution is -0.187. The lowest BCUT2D eigenvalue weighted by Gasteiger charge is -2.54. The molecule has 2 unspecified atom stereocenters. The van der Waals surface area contributed by atoms with Crippen molar-refractivity contribution in [1.82, 2.24) is 0 Å². The predicted molar refractivity (Wildman–Crippen MR) is 53.1 cm³/mol. The number of hydrogen-bond acceptors (Lipinski definition) is 3. The number of hydrogen-bond donors (Lipinski definition) is 0. The first kappa shape index (κ1) is 9.37. The Bertz CT molecular complexity index is 316. The van der Waals surface area contributed by atoms with Crippen LogP contribution in [0.25, 0.3) is 0 Å². The molecule has 4 fully saturated rings. The van der Waals surface area contributed by atoms with Crippen LogP contribution < -0.4 is 0 Å². The molecule has 4 aliphatic carbocycles. The molecule has 0 saturated heterocycles. The average Bonchev–Trinajstić information content (AvgIpc) is 2.10. The van der Waals surface area contributed by atoms with Crippen molar-refractivity contribution in [1.29, 1.82) is 0 Å². The summed E-state index contributed by atoms with van der Waals surface area (Å²) in [6, 6.07) is 0. The minimum Gasteiger partial charge on any atom is -0.459 e. The van der Waals surface area contributed by atoms with Crippen molar-refractivity contribution in [3.63, 3.8) is 0 Å². The van der Waals surface area contributed by atoms with Gasteiger partial charge in [0.15, 0.2) is 0 Å². The van der Waals surface area contributed by atoms with Crippen LogP contribution in [0.3, 0.4) is 0 Å². The summed E-state index contributed by atoms with van der Waals surface area (Å²) in [7, 11) is 0. The molecular formula is C12H16O3. The van der Waals surface area contributed by atoms with Crippen LogP contribution in [0.15, 0.2) is 0 Å². The molecule has 4 aliphatic rings. The zero-order valence-electron chi connectivity index (χ0n) is 8.99. The molecule has 82 valence electrons.